The van der Waals surface area contributed by atoms with E-state index in [1.165, 1.54) is 0 Å². The van der Waals surface area contributed by atoms with Crippen LogP contribution < -0.4 is 5.32 Å². The van der Waals surface area contributed by atoms with E-state index in [-0.39, 0.29) is 12.1 Å². The molecular formula is C15H30N4O. The Morgan fingerprint density at radius 3 is 2.60 bits per heavy atom. The summed E-state index contributed by atoms with van der Waals surface area (Å²) in [6.07, 6.45) is 6.40. The lowest BCUT2D eigenvalue weighted by atomic mass is 10.0. The molecule has 0 fully saturated rings. The highest BCUT2D eigenvalue weighted by Crippen LogP contribution is 2.22. The molecule has 1 heterocycles. The molecule has 1 aromatic rings. The van der Waals surface area contributed by atoms with Gasteiger partial charge in [-0.15, -0.1) is 5.10 Å². The fourth-order valence-electron chi connectivity index (χ4n) is 2.46. The number of nitrogens with zero attached hydrogens (tertiary/aromatic N) is 3. The minimum absolute atomic E-state index is 0.177. The lowest BCUT2D eigenvalue weighted by Gasteiger charge is -2.28. The zero-order chi connectivity index (χ0) is 14.8. The quantitative estimate of drug-likeness (QED) is 0.678. The number of nitrogens with one attached hydrogen (secondary N) is 1. The van der Waals surface area contributed by atoms with Crippen molar-refractivity contribution in [2.45, 2.75) is 72.1 Å². The summed E-state index contributed by atoms with van der Waals surface area (Å²) in [6, 6.07) is 0.177. The fourth-order valence-corrected chi connectivity index (χ4v) is 2.46. The SMILES string of the molecule is CCCNC(c1cnnn1CCC)C(CCC)OCC. The molecule has 2 unspecified atom stereocenters. The van der Waals surface area contributed by atoms with Crippen LogP contribution in [0.5, 0.6) is 0 Å². The van der Waals surface area contributed by atoms with Gasteiger partial charge in [-0.3, -0.25) is 0 Å². The van der Waals surface area contributed by atoms with Crippen LogP contribution in [-0.4, -0.2) is 34.2 Å². The number of ether oxygens (including phenoxy) is 1. The van der Waals surface area contributed by atoms with Crippen LogP contribution in [0.2, 0.25) is 0 Å². The first-order valence-corrected chi connectivity index (χ1v) is 8.01. The van der Waals surface area contributed by atoms with Crippen molar-refractivity contribution in [1.82, 2.24) is 20.3 Å². The van der Waals surface area contributed by atoms with Crippen LogP contribution in [0.1, 0.15) is 65.1 Å². The first-order valence-electron chi connectivity index (χ1n) is 8.01. The summed E-state index contributed by atoms with van der Waals surface area (Å²) in [5.41, 5.74) is 1.15. The Kier molecular flexibility index (Phi) is 8.46. The van der Waals surface area contributed by atoms with Gasteiger partial charge in [0.1, 0.15) is 0 Å². The average molecular weight is 282 g/mol. The van der Waals surface area contributed by atoms with Crippen molar-refractivity contribution < 1.29 is 4.74 Å². The topological polar surface area (TPSA) is 52.0 Å². The van der Waals surface area contributed by atoms with Crippen molar-refractivity contribution >= 4 is 0 Å². The maximum atomic E-state index is 5.97. The number of rotatable bonds is 11. The zero-order valence-corrected chi connectivity index (χ0v) is 13.4. The Morgan fingerprint density at radius 1 is 1.20 bits per heavy atom. The van der Waals surface area contributed by atoms with Crippen LogP contribution in [0.25, 0.3) is 0 Å². The second-order valence-corrected chi connectivity index (χ2v) is 5.10. The lowest BCUT2D eigenvalue weighted by molar-refractivity contribution is 0.0253. The average Bonchev–Trinajstić information content (AvgIpc) is 2.88. The molecule has 1 N–H and O–H groups in total. The molecule has 20 heavy (non-hydrogen) atoms. The maximum Gasteiger partial charge on any atom is 0.0785 e. The summed E-state index contributed by atoms with van der Waals surface area (Å²) in [5.74, 6) is 0. The van der Waals surface area contributed by atoms with Crippen molar-refractivity contribution in [2.75, 3.05) is 13.2 Å². The minimum Gasteiger partial charge on any atom is -0.376 e. The first kappa shape index (κ1) is 17.1. The van der Waals surface area contributed by atoms with E-state index >= 15 is 0 Å². The van der Waals surface area contributed by atoms with E-state index in [4.69, 9.17) is 4.74 Å². The van der Waals surface area contributed by atoms with Gasteiger partial charge in [-0.05, 0) is 32.7 Å². The molecule has 0 saturated carbocycles. The molecule has 116 valence electrons. The summed E-state index contributed by atoms with van der Waals surface area (Å²) in [4.78, 5) is 0. The highest BCUT2D eigenvalue weighted by Gasteiger charge is 2.26. The van der Waals surface area contributed by atoms with E-state index in [0.717, 1.165) is 51.1 Å². The summed E-state index contributed by atoms with van der Waals surface area (Å²) >= 11 is 0. The molecule has 0 bridgehead atoms. The molecule has 0 aliphatic heterocycles. The molecule has 0 saturated heterocycles. The van der Waals surface area contributed by atoms with E-state index in [1.54, 1.807) is 0 Å². The fraction of sp³-hybridized carbons (Fsp3) is 0.867. The van der Waals surface area contributed by atoms with Gasteiger partial charge in [0.15, 0.2) is 0 Å². The summed E-state index contributed by atoms with van der Waals surface area (Å²) < 4.78 is 7.98. The van der Waals surface area contributed by atoms with Crippen molar-refractivity contribution in [3.8, 4) is 0 Å². The molecule has 0 aromatic carbocycles. The van der Waals surface area contributed by atoms with Crippen LogP contribution in [-0.2, 0) is 11.3 Å². The Bertz CT molecular complexity index is 347. The van der Waals surface area contributed by atoms with Gasteiger partial charge in [-0.25, -0.2) is 4.68 Å². The van der Waals surface area contributed by atoms with E-state index in [9.17, 15) is 0 Å². The van der Waals surface area contributed by atoms with Crippen molar-refractivity contribution in [3.63, 3.8) is 0 Å². The highest BCUT2D eigenvalue weighted by atomic mass is 16.5. The van der Waals surface area contributed by atoms with Gasteiger partial charge in [0.25, 0.3) is 0 Å². The van der Waals surface area contributed by atoms with E-state index < -0.39 is 0 Å². The summed E-state index contributed by atoms with van der Waals surface area (Å²) in [6.45, 7) is 11.2. The molecule has 1 rings (SSSR count). The zero-order valence-electron chi connectivity index (χ0n) is 13.4. The molecular weight excluding hydrogens is 252 g/mol. The summed E-state index contributed by atoms with van der Waals surface area (Å²) in [5, 5.41) is 11.9. The summed E-state index contributed by atoms with van der Waals surface area (Å²) in [7, 11) is 0. The molecule has 0 radical (unpaired) electrons. The van der Waals surface area contributed by atoms with E-state index in [2.05, 4.69) is 43.3 Å². The van der Waals surface area contributed by atoms with Crippen LogP contribution in [0.3, 0.4) is 0 Å². The Hall–Kier alpha value is -0.940. The molecule has 5 heteroatoms. The Balaban J connectivity index is 2.92. The van der Waals surface area contributed by atoms with Gasteiger partial charge in [0, 0.05) is 13.2 Å². The van der Waals surface area contributed by atoms with E-state index in [0.29, 0.717) is 0 Å². The smallest absolute Gasteiger partial charge is 0.0785 e. The van der Waals surface area contributed by atoms with Crippen LogP contribution in [0.4, 0.5) is 0 Å². The predicted molar refractivity (Wildman–Crippen MR) is 81.7 cm³/mol. The van der Waals surface area contributed by atoms with Gasteiger partial charge in [-0.1, -0.05) is 32.4 Å². The maximum absolute atomic E-state index is 5.97. The van der Waals surface area contributed by atoms with E-state index in [1.807, 2.05) is 10.9 Å². The molecule has 0 spiro atoms. The number of aromatic nitrogens is 3. The molecule has 5 nitrogen and oxygen atoms in total. The first-order chi connectivity index (χ1) is 9.78. The van der Waals surface area contributed by atoms with Crippen LogP contribution >= 0.6 is 0 Å². The molecule has 0 amide bonds. The third kappa shape index (κ3) is 4.87. The standard InChI is InChI=1S/C15H30N4O/c1-5-9-14(20-8-4)15(16-10-6-2)13-12-17-18-19(13)11-7-3/h12,14-16H,5-11H2,1-4H3. The molecule has 0 aliphatic carbocycles. The Morgan fingerprint density at radius 2 is 2.00 bits per heavy atom. The molecule has 1 aromatic heterocycles. The van der Waals surface area contributed by atoms with Crippen molar-refractivity contribution in [3.05, 3.63) is 11.9 Å². The van der Waals surface area contributed by atoms with Crippen molar-refractivity contribution in [2.24, 2.45) is 0 Å². The van der Waals surface area contributed by atoms with Crippen LogP contribution in [0.15, 0.2) is 6.20 Å². The lowest BCUT2D eigenvalue weighted by Crippen LogP contribution is -2.36. The van der Waals surface area contributed by atoms with Gasteiger partial charge in [0.2, 0.25) is 0 Å². The van der Waals surface area contributed by atoms with Gasteiger partial charge < -0.3 is 10.1 Å². The van der Waals surface area contributed by atoms with Gasteiger partial charge in [-0.2, -0.15) is 0 Å². The number of hydrogen-bond donors (Lipinski definition) is 1. The molecule has 0 aliphatic rings. The monoisotopic (exact) mass is 282 g/mol. The Labute approximate surface area is 123 Å². The third-order valence-electron chi connectivity index (χ3n) is 3.34. The normalized spacial score (nSPS) is 14.4. The number of hydrogen-bond acceptors (Lipinski definition) is 4. The predicted octanol–water partition coefficient (Wildman–Crippen LogP) is 2.93. The van der Waals surface area contributed by atoms with Gasteiger partial charge in [0.05, 0.1) is 24.0 Å². The van der Waals surface area contributed by atoms with Gasteiger partial charge >= 0.3 is 0 Å². The third-order valence-corrected chi connectivity index (χ3v) is 3.34. The second-order valence-electron chi connectivity index (χ2n) is 5.10. The minimum atomic E-state index is 0.177. The van der Waals surface area contributed by atoms with Crippen molar-refractivity contribution in [1.29, 1.82) is 0 Å². The number of aryl methyl sites for hydroxylation is 1. The molecule has 2 atom stereocenters. The largest absolute Gasteiger partial charge is 0.376 e. The highest BCUT2D eigenvalue weighted by molar-refractivity contribution is 5.05. The second kappa shape index (κ2) is 9.88. The van der Waals surface area contributed by atoms with Crippen LogP contribution in [0, 0.1) is 0 Å².